The Kier molecular flexibility index (Phi) is 6.21. The molecule has 1 aromatic carbocycles. The Balaban J connectivity index is 2.34. The number of ether oxygens (including phenoxy) is 1. The largest absolute Gasteiger partial charge is 0.496 e. The summed E-state index contributed by atoms with van der Waals surface area (Å²) in [5, 5.41) is 3.38. The number of hydrogen-bond donors (Lipinski definition) is 2. The summed E-state index contributed by atoms with van der Waals surface area (Å²) >= 11 is 3.47. The van der Waals surface area contributed by atoms with E-state index in [-0.39, 0.29) is 0 Å². The number of nitrogens with one attached hydrogen (secondary N) is 1. The Labute approximate surface area is 145 Å². The van der Waals surface area contributed by atoms with Crippen molar-refractivity contribution < 1.29 is 4.74 Å². The van der Waals surface area contributed by atoms with Crippen molar-refractivity contribution in [2.75, 3.05) is 24.7 Å². The summed E-state index contributed by atoms with van der Waals surface area (Å²) in [6.07, 6.45) is 2.91. The molecule has 0 radical (unpaired) electrons. The average molecular weight is 379 g/mol. The van der Waals surface area contributed by atoms with E-state index in [2.05, 4.69) is 44.2 Å². The smallest absolute Gasteiger partial charge is 0.222 e. The van der Waals surface area contributed by atoms with Crippen molar-refractivity contribution in [3.05, 3.63) is 39.5 Å². The van der Waals surface area contributed by atoms with E-state index in [1.807, 2.05) is 19.1 Å². The van der Waals surface area contributed by atoms with E-state index in [9.17, 15) is 0 Å². The highest BCUT2D eigenvalue weighted by molar-refractivity contribution is 9.10. The van der Waals surface area contributed by atoms with Crippen LogP contribution in [-0.2, 0) is 6.42 Å². The highest BCUT2D eigenvalue weighted by Crippen LogP contribution is 2.28. The van der Waals surface area contributed by atoms with E-state index in [1.165, 1.54) is 0 Å². The zero-order valence-electron chi connectivity index (χ0n) is 13.8. The molecule has 2 aromatic rings. The standard InChI is InChI=1S/C17H23BrN4O/c1-4-5-8-20-16-14(11(2)21-17(19)22-16)9-12-6-7-13(18)10-15(12)23-3/h6-7,10H,4-5,8-9H2,1-3H3,(H3,19,20,21,22). The van der Waals surface area contributed by atoms with Crippen LogP contribution in [0.5, 0.6) is 5.75 Å². The number of aromatic nitrogens is 2. The molecule has 1 aromatic heterocycles. The van der Waals surface area contributed by atoms with Crippen LogP contribution < -0.4 is 15.8 Å². The number of methoxy groups -OCH3 is 1. The maximum absolute atomic E-state index is 5.81. The van der Waals surface area contributed by atoms with Crippen molar-refractivity contribution in [3.8, 4) is 5.75 Å². The molecule has 0 bridgehead atoms. The third-order valence-corrected chi connectivity index (χ3v) is 4.16. The minimum atomic E-state index is 0.299. The Hall–Kier alpha value is -1.82. The van der Waals surface area contributed by atoms with Crippen molar-refractivity contribution in [3.63, 3.8) is 0 Å². The SMILES string of the molecule is CCCCNc1nc(N)nc(C)c1Cc1ccc(Br)cc1OC. The Morgan fingerprint density at radius 1 is 1.30 bits per heavy atom. The molecule has 3 N–H and O–H groups in total. The van der Waals surface area contributed by atoms with Crippen molar-refractivity contribution in [1.29, 1.82) is 0 Å². The first kappa shape index (κ1) is 17.5. The third-order valence-electron chi connectivity index (χ3n) is 3.67. The van der Waals surface area contributed by atoms with Gasteiger partial charge in [-0.25, -0.2) is 4.98 Å². The molecule has 0 saturated carbocycles. The van der Waals surface area contributed by atoms with E-state index >= 15 is 0 Å². The zero-order valence-corrected chi connectivity index (χ0v) is 15.4. The monoisotopic (exact) mass is 378 g/mol. The van der Waals surface area contributed by atoms with Gasteiger partial charge in [0.1, 0.15) is 11.6 Å². The summed E-state index contributed by atoms with van der Waals surface area (Å²) in [5.41, 5.74) is 8.84. The van der Waals surface area contributed by atoms with E-state index in [0.29, 0.717) is 12.4 Å². The van der Waals surface area contributed by atoms with Gasteiger partial charge in [0.15, 0.2) is 0 Å². The number of anilines is 2. The molecule has 1 heterocycles. The van der Waals surface area contributed by atoms with Crippen LogP contribution >= 0.6 is 15.9 Å². The van der Waals surface area contributed by atoms with Gasteiger partial charge in [-0.3, -0.25) is 0 Å². The summed E-state index contributed by atoms with van der Waals surface area (Å²) in [6.45, 7) is 5.00. The first-order valence-electron chi connectivity index (χ1n) is 7.74. The molecule has 23 heavy (non-hydrogen) atoms. The number of halogens is 1. The summed E-state index contributed by atoms with van der Waals surface area (Å²) in [6, 6.07) is 6.02. The van der Waals surface area contributed by atoms with Gasteiger partial charge in [-0.2, -0.15) is 4.98 Å². The highest BCUT2D eigenvalue weighted by atomic mass is 79.9. The number of hydrogen-bond acceptors (Lipinski definition) is 5. The topological polar surface area (TPSA) is 73.1 Å². The van der Waals surface area contributed by atoms with Gasteiger partial charge in [0.2, 0.25) is 5.95 Å². The predicted octanol–water partition coefficient (Wildman–Crippen LogP) is 3.94. The third kappa shape index (κ3) is 4.58. The Bertz CT molecular complexity index is 676. The molecule has 2 rings (SSSR count). The lowest BCUT2D eigenvalue weighted by molar-refractivity contribution is 0.410. The van der Waals surface area contributed by atoms with Crippen LogP contribution in [0.25, 0.3) is 0 Å². The maximum atomic E-state index is 5.81. The van der Waals surface area contributed by atoms with Crippen molar-refractivity contribution in [1.82, 2.24) is 9.97 Å². The lowest BCUT2D eigenvalue weighted by atomic mass is 10.0. The fraction of sp³-hybridized carbons (Fsp3) is 0.412. The summed E-state index contributed by atoms with van der Waals surface area (Å²) in [5.74, 6) is 1.96. The van der Waals surface area contributed by atoms with Gasteiger partial charge in [-0.05, 0) is 31.0 Å². The van der Waals surface area contributed by atoms with Gasteiger partial charge in [0.25, 0.3) is 0 Å². The number of unbranched alkanes of at least 4 members (excludes halogenated alkanes) is 1. The molecule has 5 nitrogen and oxygen atoms in total. The van der Waals surface area contributed by atoms with Crippen LogP contribution in [0.1, 0.15) is 36.6 Å². The first-order chi connectivity index (χ1) is 11.0. The second-order valence-electron chi connectivity index (χ2n) is 5.41. The fourth-order valence-corrected chi connectivity index (χ4v) is 2.75. The average Bonchev–Trinajstić information content (AvgIpc) is 2.51. The van der Waals surface area contributed by atoms with Crippen LogP contribution in [0.2, 0.25) is 0 Å². The van der Waals surface area contributed by atoms with Crippen LogP contribution in [0, 0.1) is 6.92 Å². The van der Waals surface area contributed by atoms with Gasteiger partial charge in [0.05, 0.1) is 7.11 Å². The molecule has 0 aliphatic rings. The van der Waals surface area contributed by atoms with Crippen molar-refractivity contribution >= 4 is 27.7 Å². The fourth-order valence-electron chi connectivity index (χ4n) is 2.41. The number of aryl methyl sites for hydroxylation is 1. The molecule has 0 unspecified atom stereocenters. The quantitative estimate of drug-likeness (QED) is 0.713. The normalized spacial score (nSPS) is 10.6. The van der Waals surface area contributed by atoms with E-state index in [1.54, 1.807) is 7.11 Å². The Morgan fingerprint density at radius 3 is 2.78 bits per heavy atom. The van der Waals surface area contributed by atoms with E-state index in [4.69, 9.17) is 10.5 Å². The predicted molar refractivity (Wildman–Crippen MR) is 98.1 cm³/mol. The van der Waals surface area contributed by atoms with Gasteiger partial charge >= 0.3 is 0 Å². The summed E-state index contributed by atoms with van der Waals surface area (Å²) in [4.78, 5) is 8.69. The molecular formula is C17H23BrN4O. The number of nitrogens with zero attached hydrogens (tertiary/aromatic N) is 2. The Morgan fingerprint density at radius 2 is 2.09 bits per heavy atom. The molecule has 0 fully saturated rings. The number of benzene rings is 1. The first-order valence-corrected chi connectivity index (χ1v) is 8.53. The molecule has 0 amide bonds. The van der Waals surface area contributed by atoms with Crippen LogP contribution in [0.15, 0.2) is 22.7 Å². The minimum absolute atomic E-state index is 0.299. The highest BCUT2D eigenvalue weighted by Gasteiger charge is 2.14. The zero-order chi connectivity index (χ0) is 16.8. The molecule has 0 saturated heterocycles. The van der Waals surface area contributed by atoms with Crippen molar-refractivity contribution in [2.45, 2.75) is 33.1 Å². The van der Waals surface area contributed by atoms with Crippen LogP contribution in [0.3, 0.4) is 0 Å². The lowest BCUT2D eigenvalue weighted by Gasteiger charge is -2.15. The molecule has 0 aliphatic carbocycles. The minimum Gasteiger partial charge on any atom is -0.496 e. The van der Waals surface area contributed by atoms with E-state index in [0.717, 1.165) is 52.2 Å². The number of rotatable bonds is 7. The molecule has 0 aliphatic heterocycles. The number of nitrogen functional groups attached to an aromatic ring is 1. The van der Waals surface area contributed by atoms with Crippen LogP contribution in [-0.4, -0.2) is 23.6 Å². The molecule has 0 spiro atoms. The van der Waals surface area contributed by atoms with Crippen LogP contribution in [0.4, 0.5) is 11.8 Å². The molecule has 6 heteroatoms. The molecule has 124 valence electrons. The van der Waals surface area contributed by atoms with Gasteiger partial charge in [-0.1, -0.05) is 35.3 Å². The van der Waals surface area contributed by atoms with Crippen molar-refractivity contribution in [2.24, 2.45) is 0 Å². The van der Waals surface area contributed by atoms with Gasteiger partial charge in [-0.15, -0.1) is 0 Å². The van der Waals surface area contributed by atoms with E-state index < -0.39 is 0 Å². The second-order valence-corrected chi connectivity index (χ2v) is 6.32. The maximum Gasteiger partial charge on any atom is 0.222 e. The molecule has 0 atom stereocenters. The van der Waals surface area contributed by atoms with Gasteiger partial charge < -0.3 is 15.8 Å². The number of nitrogens with two attached hydrogens (primary N) is 1. The summed E-state index contributed by atoms with van der Waals surface area (Å²) in [7, 11) is 1.68. The molecular weight excluding hydrogens is 356 g/mol. The second kappa shape index (κ2) is 8.15. The summed E-state index contributed by atoms with van der Waals surface area (Å²) < 4.78 is 6.47. The lowest BCUT2D eigenvalue weighted by Crippen LogP contribution is -2.11. The van der Waals surface area contributed by atoms with Gasteiger partial charge in [0, 0.05) is 28.7 Å².